The molecule has 0 saturated carbocycles. The van der Waals surface area contributed by atoms with Crippen molar-refractivity contribution in [2.75, 3.05) is 6.61 Å². The van der Waals surface area contributed by atoms with Crippen LogP contribution in [0, 0.1) is 0 Å². The van der Waals surface area contributed by atoms with Crippen LogP contribution in [0.15, 0.2) is 43.7 Å². The van der Waals surface area contributed by atoms with Gasteiger partial charge in [0.2, 0.25) is 0 Å². The topological polar surface area (TPSA) is 35.2 Å². The van der Waals surface area contributed by atoms with Crippen molar-refractivity contribution in [3.63, 3.8) is 0 Å². The third kappa shape index (κ3) is 3.36. The summed E-state index contributed by atoms with van der Waals surface area (Å²) < 4.78 is 8.93. The van der Waals surface area contributed by atoms with Crippen molar-refractivity contribution < 1.29 is 4.74 Å². The summed E-state index contributed by atoms with van der Waals surface area (Å²) in [4.78, 5) is 0. The highest BCUT2D eigenvalue weighted by Crippen LogP contribution is 2.36. The zero-order valence-electron chi connectivity index (χ0n) is 11.2. The molecule has 1 aliphatic heterocycles. The number of halogens is 3. The highest BCUT2D eigenvalue weighted by molar-refractivity contribution is 9.11. The summed E-state index contributed by atoms with van der Waals surface area (Å²) in [7, 11) is 0. The van der Waals surface area contributed by atoms with Crippen LogP contribution in [0.25, 0.3) is 0 Å². The molecule has 0 amide bonds. The minimum absolute atomic E-state index is 0.0740. The van der Waals surface area contributed by atoms with Crippen molar-refractivity contribution in [3.05, 3.63) is 60.4 Å². The summed E-state index contributed by atoms with van der Waals surface area (Å²) in [5, 5.41) is 0. The Morgan fingerprint density at radius 1 is 1.10 bits per heavy atom. The van der Waals surface area contributed by atoms with Gasteiger partial charge in [-0.05, 0) is 47.4 Å². The Hall–Kier alpha value is -0.360. The highest BCUT2D eigenvalue weighted by atomic mass is 79.9. The summed E-state index contributed by atoms with van der Waals surface area (Å²) in [6.45, 7) is 0.760. The Labute approximate surface area is 149 Å². The molecule has 2 aromatic carbocycles. The normalized spacial score (nSPS) is 14.7. The quantitative estimate of drug-likeness (QED) is 0.666. The van der Waals surface area contributed by atoms with Gasteiger partial charge in [0.1, 0.15) is 5.75 Å². The van der Waals surface area contributed by atoms with Gasteiger partial charge in [0.05, 0.1) is 6.61 Å². The Kier molecular flexibility index (Phi) is 4.74. The summed E-state index contributed by atoms with van der Waals surface area (Å²) >= 11 is 10.6. The number of benzene rings is 2. The van der Waals surface area contributed by atoms with Crippen LogP contribution in [-0.2, 0) is 12.8 Å². The number of ether oxygens (including phenoxy) is 1. The van der Waals surface area contributed by atoms with E-state index in [1.165, 1.54) is 11.1 Å². The summed E-state index contributed by atoms with van der Waals surface area (Å²) in [5.74, 6) is 1.02. The molecule has 2 aromatic rings. The lowest BCUT2D eigenvalue weighted by molar-refractivity contribution is 0.352. The highest BCUT2D eigenvalue weighted by Gasteiger charge is 2.20. The fourth-order valence-corrected chi connectivity index (χ4v) is 4.54. The second kappa shape index (κ2) is 6.41. The third-order valence-corrected chi connectivity index (χ3v) is 5.26. The lowest BCUT2D eigenvalue weighted by Gasteiger charge is -2.16. The molecule has 0 bridgehead atoms. The monoisotopic (exact) mass is 473 g/mol. The van der Waals surface area contributed by atoms with Crippen LogP contribution in [0.4, 0.5) is 0 Å². The predicted octanol–water partition coefficient (Wildman–Crippen LogP) is 5.15. The molecular weight excluding hydrogens is 462 g/mol. The molecule has 1 heterocycles. The van der Waals surface area contributed by atoms with Gasteiger partial charge in [0.15, 0.2) is 0 Å². The third-order valence-electron chi connectivity index (χ3n) is 3.63. The number of rotatable bonds is 3. The second-order valence-electron chi connectivity index (χ2n) is 5.13. The second-order valence-corrected chi connectivity index (χ2v) is 7.81. The lowest BCUT2D eigenvalue weighted by atomic mass is 9.97. The van der Waals surface area contributed by atoms with Crippen molar-refractivity contribution in [2.24, 2.45) is 5.73 Å². The predicted molar refractivity (Wildman–Crippen MR) is 95.8 cm³/mol. The van der Waals surface area contributed by atoms with Gasteiger partial charge in [-0.2, -0.15) is 0 Å². The summed E-state index contributed by atoms with van der Waals surface area (Å²) in [6.07, 6.45) is 1.72. The van der Waals surface area contributed by atoms with Crippen LogP contribution >= 0.6 is 47.8 Å². The van der Waals surface area contributed by atoms with Gasteiger partial charge in [-0.25, -0.2) is 0 Å². The first-order valence-corrected chi connectivity index (χ1v) is 9.07. The Morgan fingerprint density at radius 2 is 1.90 bits per heavy atom. The van der Waals surface area contributed by atoms with Crippen molar-refractivity contribution in [2.45, 2.75) is 18.9 Å². The molecule has 2 nitrogen and oxygen atoms in total. The van der Waals surface area contributed by atoms with E-state index in [-0.39, 0.29) is 6.04 Å². The summed E-state index contributed by atoms with van der Waals surface area (Å²) in [6, 6.07) is 10.3. The maximum Gasteiger partial charge on any atom is 0.125 e. The Bertz CT molecular complexity index is 687. The number of fused-ring (bicyclic) bond motifs is 1. The van der Waals surface area contributed by atoms with E-state index in [1.807, 2.05) is 12.1 Å². The van der Waals surface area contributed by atoms with Gasteiger partial charge in [-0.3, -0.25) is 0 Å². The number of hydrogen-bond acceptors (Lipinski definition) is 2. The largest absolute Gasteiger partial charge is 0.493 e. The molecule has 0 radical (unpaired) electrons. The van der Waals surface area contributed by atoms with Gasteiger partial charge in [0.25, 0.3) is 0 Å². The van der Waals surface area contributed by atoms with Crippen molar-refractivity contribution in [1.29, 1.82) is 0 Å². The van der Waals surface area contributed by atoms with Gasteiger partial charge < -0.3 is 10.5 Å². The van der Waals surface area contributed by atoms with Gasteiger partial charge >= 0.3 is 0 Å². The number of nitrogens with two attached hydrogens (primary N) is 1. The molecule has 2 N–H and O–H groups in total. The molecule has 21 heavy (non-hydrogen) atoms. The fourth-order valence-electron chi connectivity index (χ4n) is 2.65. The summed E-state index contributed by atoms with van der Waals surface area (Å²) in [5.41, 5.74) is 9.94. The molecule has 1 aliphatic rings. The number of hydrogen-bond donors (Lipinski definition) is 1. The first-order valence-electron chi connectivity index (χ1n) is 6.69. The van der Waals surface area contributed by atoms with Gasteiger partial charge in [-0.1, -0.05) is 53.9 Å². The van der Waals surface area contributed by atoms with Crippen LogP contribution in [-0.4, -0.2) is 6.61 Å². The maximum absolute atomic E-state index is 6.41. The van der Waals surface area contributed by atoms with Crippen molar-refractivity contribution in [3.8, 4) is 5.75 Å². The molecule has 3 rings (SSSR count). The zero-order valence-corrected chi connectivity index (χ0v) is 16.0. The molecular formula is C16H14Br3NO. The fraction of sp³-hybridized carbons (Fsp3) is 0.250. The first kappa shape index (κ1) is 15.5. The molecule has 5 heteroatoms. The Morgan fingerprint density at radius 3 is 2.67 bits per heavy atom. The average Bonchev–Trinajstić information content (AvgIpc) is 2.86. The van der Waals surface area contributed by atoms with Gasteiger partial charge in [0, 0.05) is 25.9 Å². The van der Waals surface area contributed by atoms with E-state index in [1.54, 1.807) is 0 Å². The molecule has 0 spiro atoms. The van der Waals surface area contributed by atoms with Crippen LogP contribution < -0.4 is 10.5 Å². The van der Waals surface area contributed by atoms with E-state index in [0.717, 1.165) is 44.2 Å². The molecule has 1 unspecified atom stereocenters. The minimum Gasteiger partial charge on any atom is -0.493 e. The van der Waals surface area contributed by atoms with Crippen molar-refractivity contribution in [1.82, 2.24) is 0 Å². The van der Waals surface area contributed by atoms with Crippen molar-refractivity contribution >= 4 is 47.8 Å². The molecule has 0 fully saturated rings. The van der Waals surface area contributed by atoms with E-state index < -0.39 is 0 Å². The maximum atomic E-state index is 6.41. The first-order chi connectivity index (χ1) is 10.0. The molecule has 110 valence electrons. The smallest absolute Gasteiger partial charge is 0.125 e. The average molecular weight is 476 g/mol. The Balaban J connectivity index is 1.90. The van der Waals surface area contributed by atoms with E-state index in [2.05, 4.69) is 66.0 Å². The zero-order chi connectivity index (χ0) is 15.0. The molecule has 1 atom stereocenters. The molecule has 0 aromatic heterocycles. The lowest BCUT2D eigenvalue weighted by Crippen LogP contribution is -2.14. The standard InChI is InChI=1S/C16H14Br3NO/c17-11-1-2-13(14(19)8-11)15(20)7-10-6-12(18)5-9-3-4-21-16(9)10/h1-2,5-6,8,15H,3-4,7,20H2. The van der Waals surface area contributed by atoms with Crippen LogP contribution in [0.3, 0.4) is 0 Å². The van der Waals surface area contributed by atoms with E-state index in [9.17, 15) is 0 Å². The SMILES string of the molecule is NC(Cc1cc(Br)cc2c1OCC2)c1ccc(Br)cc1Br. The minimum atomic E-state index is -0.0740. The van der Waals surface area contributed by atoms with Crippen LogP contribution in [0.1, 0.15) is 22.7 Å². The molecule has 0 aliphatic carbocycles. The molecule has 0 saturated heterocycles. The van der Waals surface area contributed by atoms with E-state index in [4.69, 9.17) is 10.5 Å². The van der Waals surface area contributed by atoms with Crippen LogP contribution in [0.5, 0.6) is 5.75 Å². The van der Waals surface area contributed by atoms with Gasteiger partial charge in [-0.15, -0.1) is 0 Å². The van der Waals surface area contributed by atoms with E-state index in [0.29, 0.717) is 0 Å². The van der Waals surface area contributed by atoms with E-state index >= 15 is 0 Å². The van der Waals surface area contributed by atoms with Crippen LogP contribution in [0.2, 0.25) is 0 Å².